The van der Waals surface area contributed by atoms with Gasteiger partial charge in [-0.15, -0.1) is 0 Å². The van der Waals surface area contributed by atoms with Crippen LogP contribution in [0.5, 0.6) is 0 Å². The van der Waals surface area contributed by atoms with E-state index in [2.05, 4.69) is 13.8 Å². The molecule has 1 rings (SSSR count). The topological polar surface area (TPSA) is 55.6 Å². The lowest BCUT2D eigenvalue weighted by Crippen LogP contribution is -2.40. The highest BCUT2D eigenvalue weighted by atomic mass is 16.6. The first-order valence-electron chi connectivity index (χ1n) is 7.44. The smallest absolute Gasteiger partial charge is 0.410 e. The number of ether oxygens (including phenoxy) is 1. The SMILES string of the molecule is CC1C(CCCN(CCN)C(=O)OC(C)(C)C)[C@@H]1C. The van der Waals surface area contributed by atoms with Crippen molar-refractivity contribution in [3.8, 4) is 0 Å². The molecule has 0 aromatic rings. The third kappa shape index (κ3) is 5.39. The number of carbonyl (C=O) groups excluding carboxylic acids is 1. The highest BCUT2D eigenvalue weighted by molar-refractivity contribution is 5.68. The predicted molar refractivity (Wildman–Crippen MR) is 77.9 cm³/mol. The molecule has 0 aromatic carbocycles. The van der Waals surface area contributed by atoms with Gasteiger partial charge in [0.1, 0.15) is 5.60 Å². The van der Waals surface area contributed by atoms with Crippen LogP contribution in [0.3, 0.4) is 0 Å². The Morgan fingerprint density at radius 1 is 1.21 bits per heavy atom. The molecule has 2 unspecified atom stereocenters. The van der Waals surface area contributed by atoms with Crippen molar-refractivity contribution in [2.45, 2.75) is 53.1 Å². The Hall–Kier alpha value is -0.770. The van der Waals surface area contributed by atoms with Gasteiger partial charge in [0.15, 0.2) is 0 Å². The zero-order valence-electron chi connectivity index (χ0n) is 13.1. The molecule has 0 heterocycles. The number of nitrogens with zero attached hydrogens (tertiary/aromatic N) is 1. The van der Waals surface area contributed by atoms with Gasteiger partial charge in [-0.3, -0.25) is 0 Å². The van der Waals surface area contributed by atoms with Crippen molar-refractivity contribution in [3.63, 3.8) is 0 Å². The molecular weight excluding hydrogens is 240 g/mol. The summed E-state index contributed by atoms with van der Waals surface area (Å²) in [5.41, 5.74) is 5.13. The van der Waals surface area contributed by atoms with Gasteiger partial charge in [0, 0.05) is 19.6 Å². The van der Waals surface area contributed by atoms with Crippen LogP contribution in [0.2, 0.25) is 0 Å². The van der Waals surface area contributed by atoms with E-state index in [0.29, 0.717) is 13.1 Å². The van der Waals surface area contributed by atoms with E-state index >= 15 is 0 Å². The number of hydrogen-bond acceptors (Lipinski definition) is 3. The Morgan fingerprint density at radius 3 is 2.21 bits per heavy atom. The summed E-state index contributed by atoms with van der Waals surface area (Å²) in [5, 5.41) is 0. The summed E-state index contributed by atoms with van der Waals surface area (Å²) >= 11 is 0. The highest BCUT2D eigenvalue weighted by Gasteiger charge is 2.41. The number of nitrogens with two attached hydrogens (primary N) is 1. The van der Waals surface area contributed by atoms with Crippen LogP contribution < -0.4 is 5.73 Å². The predicted octanol–water partition coefficient (Wildman–Crippen LogP) is 2.86. The van der Waals surface area contributed by atoms with Crippen molar-refractivity contribution in [2.24, 2.45) is 23.5 Å². The van der Waals surface area contributed by atoms with Gasteiger partial charge in [-0.25, -0.2) is 4.79 Å². The van der Waals surface area contributed by atoms with Gasteiger partial charge in [0.25, 0.3) is 0 Å². The second-order valence-electron chi connectivity index (χ2n) is 6.78. The number of hydrogen-bond donors (Lipinski definition) is 1. The van der Waals surface area contributed by atoms with Gasteiger partial charge in [0.05, 0.1) is 0 Å². The van der Waals surface area contributed by atoms with Crippen molar-refractivity contribution in [1.29, 1.82) is 0 Å². The van der Waals surface area contributed by atoms with E-state index < -0.39 is 5.60 Å². The molecule has 0 spiro atoms. The molecule has 0 aromatic heterocycles. The van der Waals surface area contributed by atoms with E-state index in [-0.39, 0.29) is 6.09 Å². The second kappa shape index (κ2) is 6.60. The van der Waals surface area contributed by atoms with Crippen molar-refractivity contribution in [2.75, 3.05) is 19.6 Å². The molecule has 2 N–H and O–H groups in total. The van der Waals surface area contributed by atoms with Crippen LogP contribution in [0, 0.1) is 17.8 Å². The third-order valence-electron chi connectivity index (χ3n) is 4.06. The van der Waals surface area contributed by atoms with Crippen LogP contribution in [0.1, 0.15) is 47.5 Å². The maximum atomic E-state index is 12.0. The van der Waals surface area contributed by atoms with Gasteiger partial charge in [-0.05, 0) is 51.4 Å². The number of carbonyl (C=O) groups is 1. The summed E-state index contributed by atoms with van der Waals surface area (Å²) in [6.45, 7) is 12.1. The maximum Gasteiger partial charge on any atom is 0.410 e. The molecular formula is C15H30N2O2. The lowest BCUT2D eigenvalue weighted by atomic mass is 10.1. The first kappa shape index (κ1) is 16.3. The van der Waals surface area contributed by atoms with Gasteiger partial charge >= 0.3 is 6.09 Å². The van der Waals surface area contributed by atoms with Crippen molar-refractivity contribution in [3.05, 3.63) is 0 Å². The van der Waals surface area contributed by atoms with Crippen molar-refractivity contribution >= 4 is 6.09 Å². The second-order valence-corrected chi connectivity index (χ2v) is 6.78. The van der Waals surface area contributed by atoms with E-state index in [0.717, 1.165) is 30.7 Å². The van der Waals surface area contributed by atoms with Crippen LogP contribution in [0.15, 0.2) is 0 Å². The summed E-state index contributed by atoms with van der Waals surface area (Å²) in [4.78, 5) is 13.8. The van der Waals surface area contributed by atoms with Crippen LogP contribution in [0.25, 0.3) is 0 Å². The summed E-state index contributed by atoms with van der Waals surface area (Å²) in [6.07, 6.45) is 2.00. The summed E-state index contributed by atoms with van der Waals surface area (Å²) in [7, 11) is 0. The fourth-order valence-electron chi connectivity index (χ4n) is 2.59. The fraction of sp³-hybridized carbons (Fsp3) is 0.933. The van der Waals surface area contributed by atoms with Crippen LogP contribution >= 0.6 is 0 Å². The van der Waals surface area contributed by atoms with Crippen molar-refractivity contribution in [1.82, 2.24) is 4.90 Å². The van der Waals surface area contributed by atoms with E-state index in [1.807, 2.05) is 20.8 Å². The van der Waals surface area contributed by atoms with Gasteiger partial charge in [-0.1, -0.05) is 13.8 Å². The minimum absolute atomic E-state index is 0.241. The lowest BCUT2D eigenvalue weighted by molar-refractivity contribution is 0.0252. The Balaban J connectivity index is 2.33. The standard InChI is InChI=1S/C15H30N2O2/c1-11-12(2)13(11)7-6-9-17(10-8-16)14(18)19-15(3,4)5/h11-13H,6-10,16H2,1-5H3/t11-,12?,13?/m1/s1. The molecule has 3 atom stereocenters. The Labute approximate surface area is 117 Å². The number of amides is 1. The summed E-state index contributed by atoms with van der Waals surface area (Å²) in [6, 6.07) is 0. The first-order chi connectivity index (χ1) is 8.76. The maximum absolute atomic E-state index is 12.0. The zero-order valence-corrected chi connectivity index (χ0v) is 13.1. The zero-order chi connectivity index (χ0) is 14.6. The minimum Gasteiger partial charge on any atom is -0.444 e. The quantitative estimate of drug-likeness (QED) is 0.807. The molecule has 0 aliphatic heterocycles. The Morgan fingerprint density at radius 2 is 1.79 bits per heavy atom. The monoisotopic (exact) mass is 270 g/mol. The van der Waals surface area contributed by atoms with E-state index in [1.165, 1.54) is 6.42 Å². The fourth-order valence-corrected chi connectivity index (χ4v) is 2.59. The Kier molecular flexibility index (Phi) is 5.65. The molecule has 0 saturated heterocycles. The van der Waals surface area contributed by atoms with E-state index in [1.54, 1.807) is 4.90 Å². The van der Waals surface area contributed by atoms with Crippen LogP contribution in [0.4, 0.5) is 4.79 Å². The molecule has 1 aliphatic rings. The highest BCUT2D eigenvalue weighted by Crippen LogP contribution is 2.48. The van der Waals surface area contributed by atoms with Gasteiger partial charge in [0.2, 0.25) is 0 Å². The first-order valence-corrected chi connectivity index (χ1v) is 7.44. The average Bonchev–Trinajstić information content (AvgIpc) is 2.83. The number of rotatable bonds is 6. The third-order valence-corrected chi connectivity index (χ3v) is 4.06. The lowest BCUT2D eigenvalue weighted by Gasteiger charge is -2.27. The average molecular weight is 270 g/mol. The molecule has 112 valence electrons. The minimum atomic E-state index is -0.441. The summed E-state index contributed by atoms with van der Waals surface area (Å²) in [5.74, 6) is 2.55. The van der Waals surface area contributed by atoms with Gasteiger partial charge in [-0.2, -0.15) is 0 Å². The molecule has 1 saturated carbocycles. The molecule has 1 amide bonds. The summed E-state index contributed by atoms with van der Waals surface area (Å²) < 4.78 is 5.40. The van der Waals surface area contributed by atoms with Crippen LogP contribution in [-0.4, -0.2) is 36.2 Å². The molecule has 4 heteroatoms. The van der Waals surface area contributed by atoms with E-state index in [9.17, 15) is 4.79 Å². The molecule has 1 fully saturated rings. The molecule has 4 nitrogen and oxygen atoms in total. The largest absolute Gasteiger partial charge is 0.444 e. The molecule has 0 radical (unpaired) electrons. The Bertz CT molecular complexity index is 291. The van der Waals surface area contributed by atoms with Crippen molar-refractivity contribution < 1.29 is 9.53 Å². The normalized spacial score (nSPS) is 26.1. The molecule has 1 aliphatic carbocycles. The van der Waals surface area contributed by atoms with Crippen LogP contribution in [-0.2, 0) is 4.74 Å². The molecule has 19 heavy (non-hydrogen) atoms. The van der Waals surface area contributed by atoms with Gasteiger partial charge < -0.3 is 15.4 Å². The van der Waals surface area contributed by atoms with E-state index in [4.69, 9.17) is 10.5 Å². The molecule has 0 bridgehead atoms.